The van der Waals surface area contributed by atoms with Crippen molar-refractivity contribution in [1.82, 2.24) is 10.2 Å². The van der Waals surface area contributed by atoms with E-state index in [-0.39, 0.29) is 17.9 Å². The van der Waals surface area contributed by atoms with Crippen LogP contribution in [0.25, 0.3) is 0 Å². The Balaban J connectivity index is 2.25. The molecule has 0 radical (unpaired) electrons. The molecule has 0 aliphatic carbocycles. The third-order valence-corrected chi connectivity index (χ3v) is 5.06. The smallest absolute Gasteiger partial charge is 0.243 e. The first-order valence-corrected chi connectivity index (χ1v) is 10.1. The molecule has 0 heterocycles. The predicted octanol–water partition coefficient (Wildman–Crippen LogP) is 4.26. The molecule has 4 nitrogen and oxygen atoms in total. The van der Waals surface area contributed by atoms with Crippen molar-refractivity contribution >= 4 is 11.8 Å². The van der Waals surface area contributed by atoms with Gasteiger partial charge in [0.25, 0.3) is 0 Å². The van der Waals surface area contributed by atoms with Gasteiger partial charge in [-0.3, -0.25) is 9.59 Å². The average molecular weight is 381 g/mol. The molecule has 0 saturated carbocycles. The van der Waals surface area contributed by atoms with E-state index in [1.165, 1.54) is 5.56 Å². The van der Waals surface area contributed by atoms with Gasteiger partial charge in [0.15, 0.2) is 0 Å². The highest BCUT2D eigenvalue weighted by molar-refractivity contribution is 5.88. The summed E-state index contributed by atoms with van der Waals surface area (Å²) in [5, 5.41) is 3.04. The summed E-state index contributed by atoms with van der Waals surface area (Å²) in [5.41, 5.74) is 3.16. The summed E-state index contributed by atoms with van der Waals surface area (Å²) in [4.78, 5) is 27.8. The van der Waals surface area contributed by atoms with Crippen LogP contribution in [0.15, 0.2) is 54.6 Å². The second kappa shape index (κ2) is 10.6. The molecule has 0 saturated heterocycles. The summed E-state index contributed by atoms with van der Waals surface area (Å²) >= 11 is 0. The highest BCUT2D eigenvalue weighted by Crippen LogP contribution is 2.15. The number of carbonyl (C=O) groups excluding carboxylic acids is 2. The van der Waals surface area contributed by atoms with E-state index in [2.05, 4.69) is 5.32 Å². The van der Waals surface area contributed by atoms with Gasteiger partial charge in [-0.15, -0.1) is 0 Å². The topological polar surface area (TPSA) is 49.4 Å². The van der Waals surface area contributed by atoms with E-state index in [1.807, 2.05) is 82.3 Å². The monoisotopic (exact) mass is 380 g/mol. The normalized spacial score (nSPS) is 12.9. The van der Waals surface area contributed by atoms with Crippen LogP contribution >= 0.6 is 0 Å². The van der Waals surface area contributed by atoms with Crippen LogP contribution in [0, 0.1) is 6.92 Å². The fraction of sp³-hybridized carbons (Fsp3) is 0.417. The lowest BCUT2D eigenvalue weighted by Crippen LogP contribution is -2.51. The van der Waals surface area contributed by atoms with Gasteiger partial charge in [-0.1, -0.05) is 74.0 Å². The van der Waals surface area contributed by atoms with E-state index in [0.29, 0.717) is 19.4 Å². The molecule has 0 spiro atoms. The molecule has 0 bridgehead atoms. The van der Waals surface area contributed by atoms with Gasteiger partial charge in [-0.2, -0.15) is 0 Å². The Morgan fingerprint density at radius 2 is 1.57 bits per heavy atom. The van der Waals surface area contributed by atoms with Crippen LogP contribution in [-0.2, 0) is 22.6 Å². The maximum absolute atomic E-state index is 13.2. The molecular weight excluding hydrogens is 348 g/mol. The molecule has 28 heavy (non-hydrogen) atoms. The predicted molar refractivity (Wildman–Crippen MR) is 114 cm³/mol. The Morgan fingerprint density at radius 3 is 2.14 bits per heavy atom. The molecule has 150 valence electrons. The van der Waals surface area contributed by atoms with Crippen molar-refractivity contribution in [2.75, 3.05) is 0 Å². The Morgan fingerprint density at radius 1 is 0.929 bits per heavy atom. The van der Waals surface area contributed by atoms with E-state index in [0.717, 1.165) is 17.5 Å². The van der Waals surface area contributed by atoms with Crippen LogP contribution in [0.5, 0.6) is 0 Å². The zero-order valence-corrected chi connectivity index (χ0v) is 17.4. The Hall–Kier alpha value is -2.62. The summed E-state index contributed by atoms with van der Waals surface area (Å²) < 4.78 is 0. The minimum Gasteiger partial charge on any atom is -0.352 e. The second-order valence-corrected chi connectivity index (χ2v) is 7.41. The molecule has 0 aliphatic rings. The lowest BCUT2D eigenvalue weighted by Gasteiger charge is -2.31. The molecule has 4 heteroatoms. The first kappa shape index (κ1) is 21.7. The number of aryl methyl sites for hydroxylation is 1. The molecule has 2 atom stereocenters. The third-order valence-electron chi connectivity index (χ3n) is 5.06. The van der Waals surface area contributed by atoms with Crippen molar-refractivity contribution in [3.05, 3.63) is 71.3 Å². The van der Waals surface area contributed by atoms with E-state index in [9.17, 15) is 9.59 Å². The minimum atomic E-state index is -0.480. The lowest BCUT2D eigenvalue weighted by molar-refractivity contribution is -0.141. The Kier molecular flexibility index (Phi) is 8.24. The second-order valence-electron chi connectivity index (χ2n) is 7.41. The van der Waals surface area contributed by atoms with Crippen LogP contribution in [0.4, 0.5) is 0 Å². The van der Waals surface area contributed by atoms with E-state index < -0.39 is 6.04 Å². The largest absolute Gasteiger partial charge is 0.352 e. The van der Waals surface area contributed by atoms with Gasteiger partial charge in [0.05, 0.1) is 6.42 Å². The van der Waals surface area contributed by atoms with E-state index >= 15 is 0 Å². The van der Waals surface area contributed by atoms with Crippen LogP contribution in [0.1, 0.15) is 50.3 Å². The first-order chi connectivity index (χ1) is 13.4. The summed E-state index contributed by atoms with van der Waals surface area (Å²) in [6.45, 7) is 8.45. The van der Waals surface area contributed by atoms with Gasteiger partial charge < -0.3 is 10.2 Å². The van der Waals surface area contributed by atoms with Crippen LogP contribution in [-0.4, -0.2) is 28.8 Å². The minimum absolute atomic E-state index is 0.0297. The SMILES string of the molecule is CC[C@H](C(=O)N[C@@H](C)CC)N(Cc1ccc(C)cc1)C(=O)Cc1ccccc1. The van der Waals surface area contributed by atoms with Crippen molar-refractivity contribution < 1.29 is 9.59 Å². The van der Waals surface area contributed by atoms with Crippen molar-refractivity contribution in [1.29, 1.82) is 0 Å². The molecule has 0 aliphatic heterocycles. The number of benzene rings is 2. The molecule has 0 fully saturated rings. The van der Waals surface area contributed by atoms with Crippen LogP contribution < -0.4 is 5.32 Å². The third kappa shape index (κ3) is 6.22. The van der Waals surface area contributed by atoms with Crippen molar-refractivity contribution in [3.63, 3.8) is 0 Å². The molecule has 0 unspecified atom stereocenters. The highest BCUT2D eigenvalue weighted by atomic mass is 16.2. The molecule has 0 aromatic heterocycles. The van der Waals surface area contributed by atoms with Crippen molar-refractivity contribution in [2.24, 2.45) is 0 Å². The van der Waals surface area contributed by atoms with Crippen LogP contribution in [0.3, 0.4) is 0 Å². The average Bonchev–Trinajstić information content (AvgIpc) is 2.69. The molecule has 2 aromatic carbocycles. The lowest BCUT2D eigenvalue weighted by atomic mass is 10.1. The Labute approximate surface area is 169 Å². The highest BCUT2D eigenvalue weighted by Gasteiger charge is 2.29. The molecule has 2 amide bonds. The number of nitrogens with zero attached hydrogens (tertiary/aromatic N) is 1. The fourth-order valence-electron chi connectivity index (χ4n) is 3.12. The molecule has 1 N–H and O–H groups in total. The van der Waals surface area contributed by atoms with Crippen molar-refractivity contribution in [2.45, 2.75) is 65.6 Å². The molecule has 2 aromatic rings. The summed E-state index contributed by atoms with van der Waals surface area (Å²) in [6.07, 6.45) is 1.73. The van der Waals surface area contributed by atoms with E-state index in [4.69, 9.17) is 0 Å². The first-order valence-electron chi connectivity index (χ1n) is 10.1. The number of carbonyl (C=O) groups is 2. The van der Waals surface area contributed by atoms with Gasteiger partial charge in [-0.25, -0.2) is 0 Å². The number of hydrogen-bond acceptors (Lipinski definition) is 2. The van der Waals surface area contributed by atoms with E-state index in [1.54, 1.807) is 4.90 Å². The number of rotatable bonds is 9. The zero-order valence-electron chi connectivity index (χ0n) is 17.4. The Bertz CT molecular complexity index is 756. The maximum Gasteiger partial charge on any atom is 0.243 e. The quantitative estimate of drug-likeness (QED) is 0.707. The standard InChI is InChI=1S/C24H32N2O2/c1-5-19(4)25-24(28)22(6-2)26(17-21-14-12-18(3)13-15-21)23(27)16-20-10-8-7-9-11-20/h7-15,19,22H,5-6,16-17H2,1-4H3,(H,25,28)/t19-,22+/m0/s1. The van der Waals surface area contributed by atoms with Crippen molar-refractivity contribution in [3.8, 4) is 0 Å². The number of nitrogens with one attached hydrogen (secondary N) is 1. The fourth-order valence-corrected chi connectivity index (χ4v) is 3.12. The van der Waals surface area contributed by atoms with Crippen LogP contribution in [0.2, 0.25) is 0 Å². The molecule has 2 rings (SSSR count). The van der Waals surface area contributed by atoms with Gasteiger partial charge in [0.1, 0.15) is 6.04 Å². The zero-order chi connectivity index (χ0) is 20.5. The maximum atomic E-state index is 13.2. The number of hydrogen-bond donors (Lipinski definition) is 1. The van der Waals surface area contributed by atoms with Gasteiger partial charge in [0.2, 0.25) is 11.8 Å². The van der Waals surface area contributed by atoms with Gasteiger partial charge >= 0.3 is 0 Å². The molecular formula is C24H32N2O2. The van der Waals surface area contributed by atoms with Gasteiger partial charge in [-0.05, 0) is 37.8 Å². The summed E-state index contributed by atoms with van der Waals surface area (Å²) in [5.74, 6) is -0.108. The van der Waals surface area contributed by atoms with Gasteiger partial charge in [0, 0.05) is 12.6 Å². The summed E-state index contributed by atoms with van der Waals surface area (Å²) in [6, 6.07) is 17.4. The summed E-state index contributed by atoms with van der Waals surface area (Å²) in [7, 11) is 0. The number of amides is 2.